The van der Waals surface area contributed by atoms with Crippen molar-refractivity contribution in [1.82, 2.24) is 19.9 Å². The molecule has 2 saturated carbocycles. The first-order chi connectivity index (χ1) is 12.7. The summed E-state index contributed by atoms with van der Waals surface area (Å²) >= 11 is 6.74. The van der Waals surface area contributed by atoms with Crippen LogP contribution >= 0.6 is 11.6 Å². The minimum Gasteiger partial charge on any atom is -0.342 e. The van der Waals surface area contributed by atoms with Gasteiger partial charge in [-0.15, -0.1) is 0 Å². The lowest BCUT2D eigenvalue weighted by molar-refractivity contribution is 0.558. The highest BCUT2D eigenvalue weighted by atomic mass is 35.5. The van der Waals surface area contributed by atoms with E-state index in [0.29, 0.717) is 5.92 Å². The molecule has 0 spiro atoms. The number of H-pyrrole nitrogens is 1. The number of hydrogen-bond acceptors (Lipinski definition) is 3. The van der Waals surface area contributed by atoms with Crippen molar-refractivity contribution in [2.75, 3.05) is 0 Å². The van der Waals surface area contributed by atoms with Crippen LogP contribution < -0.4 is 0 Å². The smallest absolute Gasteiger partial charge is 0.139 e. The van der Waals surface area contributed by atoms with Crippen molar-refractivity contribution in [3.05, 3.63) is 52.3 Å². The van der Waals surface area contributed by atoms with Crippen molar-refractivity contribution in [3.63, 3.8) is 0 Å². The van der Waals surface area contributed by atoms with E-state index >= 15 is 0 Å². The van der Waals surface area contributed by atoms with Crippen molar-refractivity contribution in [2.45, 2.75) is 45.4 Å². The standard InChI is InChI=1S/C21H23ClN4/c1-3-18-20(22)19-17(13-5-15-11(2)16(15)6-13)7-14(25-21(19)26-18)4-12-8-23-10-24-9-12/h7-11,13,15-16H,3-6H2,1-2H3,(H,25,26). The lowest BCUT2D eigenvalue weighted by Gasteiger charge is -2.16. The van der Waals surface area contributed by atoms with Gasteiger partial charge in [0.1, 0.15) is 12.0 Å². The summed E-state index contributed by atoms with van der Waals surface area (Å²) in [5, 5.41) is 2.02. The molecule has 2 unspecified atom stereocenters. The molecule has 3 aromatic rings. The third-order valence-corrected chi connectivity index (χ3v) is 6.94. The van der Waals surface area contributed by atoms with Gasteiger partial charge in [0, 0.05) is 35.6 Å². The van der Waals surface area contributed by atoms with Crippen LogP contribution in [0.15, 0.2) is 24.8 Å². The highest BCUT2D eigenvalue weighted by molar-refractivity contribution is 6.36. The van der Waals surface area contributed by atoms with Crippen LogP contribution in [0.3, 0.4) is 0 Å². The van der Waals surface area contributed by atoms with E-state index < -0.39 is 0 Å². The molecule has 5 heteroatoms. The maximum Gasteiger partial charge on any atom is 0.139 e. The molecule has 0 bridgehead atoms. The Morgan fingerprint density at radius 2 is 1.92 bits per heavy atom. The third-order valence-electron chi connectivity index (χ3n) is 6.52. The number of aryl methyl sites for hydroxylation is 1. The molecule has 0 aromatic carbocycles. The number of pyridine rings is 1. The van der Waals surface area contributed by atoms with Crippen LogP contribution in [0, 0.1) is 17.8 Å². The zero-order chi connectivity index (χ0) is 17.8. The van der Waals surface area contributed by atoms with E-state index in [-0.39, 0.29) is 0 Å². The summed E-state index contributed by atoms with van der Waals surface area (Å²) in [4.78, 5) is 16.6. The molecule has 2 atom stereocenters. The van der Waals surface area contributed by atoms with Crippen molar-refractivity contribution >= 4 is 22.6 Å². The van der Waals surface area contributed by atoms with Crippen molar-refractivity contribution in [3.8, 4) is 0 Å². The Morgan fingerprint density at radius 3 is 2.62 bits per heavy atom. The second kappa shape index (κ2) is 6.05. The van der Waals surface area contributed by atoms with Crippen molar-refractivity contribution in [1.29, 1.82) is 0 Å². The summed E-state index contributed by atoms with van der Waals surface area (Å²) in [7, 11) is 0. The van der Waals surface area contributed by atoms with Gasteiger partial charge in [-0.1, -0.05) is 25.4 Å². The van der Waals surface area contributed by atoms with Gasteiger partial charge in [-0.3, -0.25) is 0 Å². The Labute approximate surface area is 158 Å². The highest BCUT2D eigenvalue weighted by Gasteiger charge is 2.53. The van der Waals surface area contributed by atoms with Gasteiger partial charge in [-0.2, -0.15) is 0 Å². The van der Waals surface area contributed by atoms with Crippen LogP contribution in [-0.4, -0.2) is 19.9 Å². The molecule has 0 radical (unpaired) electrons. The van der Waals surface area contributed by atoms with Crippen LogP contribution in [0.2, 0.25) is 5.02 Å². The average Bonchev–Trinajstić information content (AvgIpc) is 3.02. The second-order valence-corrected chi connectivity index (χ2v) is 8.35. The number of halogens is 1. The number of nitrogens with zero attached hydrogens (tertiary/aromatic N) is 3. The summed E-state index contributed by atoms with van der Waals surface area (Å²) in [6.07, 6.45) is 9.52. The summed E-state index contributed by atoms with van der Waals surface area (Å²) in [6, 6.07) is 2.29. The number of aromatic amines is 1. The first-order valence-corrected chi connectivity index (χ1v) is 9.97. The predicted octanol–water partition coefficient (Wildman–Crippen LogP) is 4.92. The molecule has 3 aromatic heterocycles. The van der Waals surface area contributed by atoms with Gasteiger partial charge in [-0.05, 0) is 60.1 Å². The maximum absolute atomic E-state index is 6.74. The fourth-order valence-corrected chi connectivity index (χ4v) is 5.38. The molecule has 0 amide bonds. The van der Waals surface area contributed by atoms with Gasteiger partial charge in [0.2, 0.25) is 0 Å². The van der Waals surface area contributed by atoms with Crippen LogP contribution in [0.1, 0.15) is 55.1 Å². The van der Waals surface area contributed by atoms with Gasteiger partial charge >= 0.3 is 0 Å². The molecule has 0 saturated heterocycles. The summed E-state index contributed by atoms with van der Waals surface area (Å²) < 4.78 is 0. The Morgan fingerprint density at radius 1 is 1.19 bits per heavy atom. The molecular formula is C21H23ClN4. The fourth-order valence-electron chi connectivity index (χ4n) is 5.00. The molecule has 26 heavy (non-hydrogen) atoms. The van der Waals surface area contributed by atoms with E-state index in [1.54, 1.807) is 6.33 Å². The van der Waals surface area contributed by atoms with E-state index in [0.717, 1.165) is 63.6 Å². The lowest BCUT2D eigenvalue weighted by atomic mass is 9.90. The molecule has 134 valence electrons. The van der Waals surface area contributed by atoms with Gasteiger partial charge in [0.25, 0.3) is 0 Å². The normalized spacial score (nSPS) is 27.0. The third kappa shape index (κ3) is 2.54. The quantitative estimate of drug-likeness (QED) is 0.713. The molecule has 2 aliphatic carbocycles. The van der Waals surface area contributed by atoms with Crippen molar-refractivity contribution < 1.29 is 0 Å². The lowest BCUT2D eigenvalue weighted by Crippen LogP contribution is -2.03. The molecule has 1 N–H and O–H groups in total. The van der Waals surface area contributed by atoms with Gasteiger partial charge in [-0.25, -0.2) is 15.0 Å². The van der Waals surface area contributed by atoms with Gasteiger partial charge < -0.3 is 4.98 Å². The van der Waals surface area contributed by atoms with Gasteiger partial charge in [0.15, 0.2) is 0 Å². The van der Waals surface area contributed by atoms with E-state index in [1.807, 2.05) is 12.4 Å². The zero-order valence-corrected chi connectivity index (χ0v) is 15.9. The topological polar surface area (TPSA) is 54.5 Å². The minimum atomic E-state index is 0.607. The molecule has 2 aliphatic rings. The Kier molecular flexibility index (Phi) is 3.78. The first-order valence-electron chi connectivity index (χ1n) is 9.59. The van der Waals surface area contributed by atoms with Gasteiger partial charge in [0.05, 0.1) is 5.02 Å². The summed E-state index contributed by atoms with van der Waals surface area (Å²) in [5.41, 5.74) is 5.57. The fraction of sp³-hybridized carbons (Fsp3) is 0.476. The van der Waals surface area contributed by atoms with E-state index in [9.17, 15) is 0 Å². The first kappa shape index (κ1) is 16.2. The monoisotopic (exact) mass is 366 g/mol. The second-order valence-electron chi connectivity index (χ2n) is 7.98. The van der Waals surface area contributed by atoms with Crippen LogP contribution in [-0.2, 0) is 12.8 Å². The number of hydrogen-bond donors (Lipinski definition) is 1. The Balaban J connectivity index is 1.59. The molecular weight excluding hydrogens is 344 g/mol. The van der Waals surface area contributed by atoms with Crippen LogP contribution in [0.25, 0.3) is 11.0 Å². The molecule has 5 rings (SSSR count). The average molecular weight is 367 g/mol. The predicted molar refractivity (Wildman–Crippen MR) is 103 cm³/mol. The molecule has 0 aliphatic heterocycles. The zero-order valence-electron chi connectivity index (χ0n) is 15.2. The Bertz CT molecular complexity index is 953. The van der Waals surface area contributed by atoms with E-state index in [4.69, 9.17) is 16.6 Å². The highest BCUT2D eigenvalue weighted by Crippen LogP contribution is 2.62. The molecule has 3 heterocycles. The SMILES string of the molecule is CCc1[nH]c2nc(Cc3cncnc3)cc(C3CC4C(C)C4C3)c2c1Cl. The summed E-state index contributed by atoms with van der Waals surface area (Å²) in [6.45, 7) is 4.53. The van der Waals surface area contributed by atoms with Crippen LogP contribution in [0.4, 0.5) is 0 Å². The van der Waals surface area contributed by atoms with Crippen LogP contribution in [0.5, 0.6) is 0 Å². The minimum absolute atomic E-state index is 0.607. The Hall–Kier alpha value is -1.94. The molecule has 4 nitrogen and oxygen atoms in total. The molecule has 2 fully saturated rings. The maximum atomic E-state index is 6.74. The number of fused-ring (bicyclic) bond motifs is 2. The summed E-state index contributed by atoms with van der Waals surface area (Å²) in [5.74, 6) is 3.35. The number of rotatable bonds is 4. The number of aromatic nitrogens is 4. The largest absolute Gasteiger partial charge is 0.342 e. The van der Waals surface area contributed by atoms with E-state index in [1.165, 1.54) is 18.4 Å². The van der Waals surface area contributed by atoms with Crippen molar-refractivity contribution in [2.24, 2.45) is 17.8 Å². The van der Waals surface area contributed by atoms with E-state index in [2.05, 4.69) is 34.9 Å². The number of nitrogens with one attached hydrogen (secondary N) is 1.